The van der Waals surface area contributed by atoms with Crippen LogP contribution in [0.15, 0.2) is 85.7 Å². The smallest absolute Gasteiger partial charge is 0.228 e. The lowest BCUT2D eigenvalue weighted by molar-refractivity contribution is 0.0936. The van der Waals surface area contributed by atoms with E-state index in [1.54, 1.807) is 12.5 Å². The summed E-state index contributed by atoms with van der Waals surface area (Å²) in [4.78, 5) is 22.1. The van der Waals surface area contributed by atoms with Crippen molar-refractivity contribution in [3.05, 3.63) is 85.7 Å². The van der Waals surface area contributed by atoms with E-state index >= 15 is 0 Å². The van der Waals surface area contributed by atoms with Crippen LogP contribution in [0.4, 0.5) is 0 Å². The Hall–Kier alpha value is -3.47. The molecule has 0 aliphatic carbocycles. The van der Waals surface area contributed by atoms with Crippen LogP contribution in [0, 0.1) is 0 Å². The van der Waals surface area contributed by atoms with Crippen molar-refractivity contribution in [1.82, 2.24) is 19.5 Å². The lowest BCUT2D eigenvalue weighted by Gasteiger charge is -1.93. The van der Waals surface area contributed by atoms with Crippen molar-refractivity contribution in [3.63, 3.8) is 0 Å². The number of rotatable bonds is 2. The average Bonchev–Trinajstić information content (AvgIpc) is 3.36. The third-order valence-corrected chi connectivity index (χ3v) is 3.60. The van der Waals surface area contributed by atoms with E-state index in [1.807, 2.05) is 66.9 Å². The van der Waals surface area contributed by atoms with Crippen molar-refractivity contribution in [2.24, 2.45) is 0 Å². The molecule has 0 amide bonds. The molecule has 2 aromatic heterocycles. The molecule has 0 aliphatic rings. The highest BCUT2D eigenvalue weighted by molar-refractivity contribution is 5.77. The molecular formula is C20H18N4O. The molecule has 2 aromatic carbocycles. The Balaban J connectivity index is 0.000000150. The lowest BCUT2D eigenvalue weighted by atomic mass is 10.2. The summed E-state index contributed by atoms with van der Waals surface area (Å²) in [5.74, 6) is -0.0281. The fourth-order valence-corrected chi connectivity index (χ4v) is 2.28. The molecule has 25 heavy (non-hydrogen) atoms. The molecule has 4 rings (SSSR count). The summed E-state index contributed by atoms with van der Waals surface area (Å²) in [6, 6.07) is 19.9. The van der Waals surface area contributed by atoms with Gasteiger partial charge < -0.3 is 4.98 Å². The Kier molecular flexibility index (Phi) is 5.16. The van der Waals surface area contributed by atoms with Crippen LogP contribution < -0.4 is 0 Å². The third-order valence-electron chi connectivity index (χ3n) is 3.60. The number of H-pyrrole nitrogens is 1. The van der Waals surface area contributed by atoms with E-state index in [-0.39, 0.29) is 5.91 Å². The number of nitrogens with zero attached hydrogens (tertiary/aromatic N) is 3. The predicted molar refractivity (Wildman–Crippen MR) is 98.0 cm³/mol. The summed E-state index contributed by atoms with van der Waals surface area (Å²) in [6.45, 7) is 1.51. The maximum Gasteiger partial charge on any atom is 0.228 e. The zero-order valence-corrected chi connectivity index (χ0v) is 13.8. The Bertz CT molecular complexity index is 913. The van der Waals surface area contributed by atoms with Crippen LogP contribution in [0.5, 0.6) is 0 Å². The normalized spacial score (nSPS) is 9.96. The van der Waals surface area contributed by atoms with E-state index in [2.05, 4.69) is 15.0 Å². The number of hydrogen-bond acceptors (Lipinski definition) is 3. The Morgan fingerprint density at radius 3 is 2.12 bits per heavy atom. The molecule has 2 heterocycles. The van der Waals surface area contributed by atoms with Crippen molar-refractivity contribution in [2.45, 2.75) is 6.92 Å². The van der Waals surface area contributed by atoms with E-state index < -0.39 is 0 Å². The highest BCUT2D eigenvalue weighted by Gasteiger charge is 2.02. The Morgan fingerprint density at radius 1 is 0.960 bits per heavy atom. The van der Waals surface area contributed by atoms with Gasteiger partial charge in [0.2, 0.25) is 5.91 Å². The molecule has 0 saturated heterocycles. The molecule has 4 aromatic rings. The van der Waals surface area contributed by atoms with Gasteiger partial charge in [-0.1, -0.05) is 60.7 Å². The van der Waals surface area contributed by atoms with E-state index in [9.17, 15) is 4.79 Å². The highest BCUT2D eigenvalue weighted by Crippen LogP contribution is 2.15. The largest absolute Gasteiger partial charge is 0.345 e. The summed E-state index contributed by atoms with van der Waals surface area (Å²) >= 11 is 0. The molecule has 0 fully saturated rings. The standard InChI is InChI=1S/C11H10N2O.C9H8N2/c1-9(14)13-7-11(12-8-13)10-5-3-2-4-6-10;1-2-4-8(5-3-1)9-6-10-7-11-9/h2-8H,1H3;1-7H,(H,10,11). The molecule has 0 saturated carbocycles. The van der Waals surface area contributed by atoms with Gasteiger partial charge in [-0.2, -0.15) is 0 Å². The number of aromatic amines is 1. The SMILES string of the molecule is CC(=O)n1cnc(-c2ccccc2)c1.c1ccc(-c2cnc[nH]2)cc1. The van der Waals surface area contributed by atoms with Gasteiger partial charge in [-0.05, 0) is 5.56 Å². The highest BCUT2D eigenvalue weighted by atomic mass is 16.1. The number of hydrogen-bond donors (Lipinski definition) is 1. The van der Waals surface area contributed by atoms with Crippen LogP contribution in [0.2, 0.25) is 0 Å². The molecular weight excluding hydrogens is 312 g/mol. The van der Waals surface area contributed by atoms with E-state index in [0.29, 0.717) is 0 Å². The second kappa shape index (κ2) is 7.88. The van der Waals surface area contributed by atoms with Crippen LogP contribution in [0.1, 0.15) is 11.7 Å². The molecule has 5 heteroatoms. The van der Waals surface area contributed by atoms with Gasteiger partial charge in [0.05, 0.1) is 23.9 Å². The van der Waals surface area contributed by atoms with Gasteiger partial charge in [0.15, 0.2) is 0 Å². The van der Waals surface area contributed by atoms with Gasteiger partial charge in [0, 0.05) is 18.7 Å². The average molecular weight is 330 g/mol. The van der Waals surface area contributed by atoms with E-state index in [1.165, 1.54) is 23.4 Å². The van der Waals surface area contributed by atoms with Crippen LogP contribution in [-0.2, 0) is 0 Å². The van der Waals surface area contributed by atoms with Crippen LogP contribution in [-0.4, -0.2) is 25.4 Å². The van der Waals surface area contributed by atoms with E-state index in [0.717, 1.165) is 17.0 Å². The fourth-order valence-electron chi connectivity index (χ4n) is 2.28. The molecule has 0 radical (unpaired) electrons. The predicted octanol–water partition coefficient (Wildman–Crippen LogP) is 4.29. The van der Waals surface area contributed by atoms with Crippen molar-refractivity contribution in [3.8, 4) is 22.5 Å². The molecule has 1 N–H and O–H groups in total. The monoisotopic (exact) mass is 330 g/mol. The molecule has 0 bridgehead atoms. The molecule has 0 aliphatic heterocycles. The first kappa shape index (κ1) is 16.4. The van der Waals surface area contributed by atoms with Gasteiger partial charge in [0.1, 0.15) is 6.33 Å². The van der Waals surface area contributed by atoms with Crippen LogP contribution in [0.3, 0.4) is 0 Å². The second-order valence-corrected chi connectivity index (χ2v) is 5.38. The number of imidazole rings is 2. The minimum absolute atomic E-state index is 0.0281. The van der Waals surface area contributed by atoms with Crippen molar-refractivity contribution >= 4 is 5.91 Å². The molecule has 124 valence electrons. The van der Waals surface area contributed by atoms with Gasteiger partial charge >= 0.3 is 0 Å². The molecule has 0 spiro atoms. The van der Waals surface area contributed by atoms with Crippen molar-refractivity contribution in [2.75, 3.05) is 0 Å². The topological polar surface area (TPSA) is 63.6 Å². The van der Waals surface area contributed by atoms with Gasteiger partial charge in [-0.15, -0.1) is 0 Å². The molecule has 5 nitrogen and oxygen atoms in total. The van der Waals surface area contributed by atoms with Crippen LogP contribution in [0.25, 0.3) is 22.5 Å². The minimum Gasteiger partial charge on any atom is -0.345 e. The summed E-state index contributed by atoms with van der Waals surface area (Å²) in [7, 11) is 0. The first-order valence-corrected chi connectivity index (χ1v) is 7.88. The number of nitrogens with one attached hydrogen (secondary N) is 1. The summed E-state index contributed by atoms with van der Waals surface area (Å²) in [6.07, 6.45) is 6.76. The van der Waals surface area contributed by atoms with Gasteiger partial charge in [-0.25, -0.2) is 9.97 Å². The van der Waals surface area contributed by atoms with Crippen LogP contribution >= 0.6 is 0 Å². The zero-order valence-electron chi connectivity index (χ0n) is 13.8. The Morgan fingerprint density at radius 2 is 1.60 bits per heavy atom. The number of benzene rings is 2. The van der Waals surface area contributed by atoms with Gasteiger partial charge in [-0.3, -0.25) is 9.36 Å². The third kappa shape index (κ3) is 4.29. The first-order chi connectivity index (χ1) is 12.2. The lowest BCUT2D eigenvalue weighted by Crippen LogP contribution is -2.00. The number of carbonyl (C=O) groups is 1. The second-order valence-electron chi connectivity index (χ2n) is 5.38. The molecule has 0 unspecified atom stereocenters. The Labute approximate surface area is 146 Å². The summed E-state index contributed by atoms with van der Waals surface area (Å²) in [5, 5.41) is 0. The maximum atomic E-state index is 11.0. The fraction of sp³-hybridized carbons (Fsp3) is 0.0500. The number of carbonyl (C=O) groups excluding carboxylic acids is 1. The number of aromatic nitrogens is 4. The van der Waals surface area contributed by atoms with Crippen molar-refractivity contribution in [1.29, 1.82) is 0 Å². The van der Waals surface area contributed by atoms with Gasteiger partial charge in [0.25, 0.3) is 0 Å². The zero-order chi connectivity index (χ0) is 17.5. The summed E-state index contributed by atoms with van der Waals surface area (Å²) < 4.78 is 1.47. The quantitative estimate of drug-likeness (QED) is 0.596. The minimum atomic E-state index is -0.0281. The molecule has 0 atom stereocenters. The maximum absolute atomic E-state index is 11.0. The van der Waals surface area contributed by atoms with Crippen molar-refractivity contribution < 1.29 is 4.79 Å². The first-order valence-electron chi connectivity index (χ1n) is 7.88. The summed E-state index contributed by atoms with van der Waals surface area (Å²) in [5.41, 5.74) is 4.07. The van der Waals surface area contributed by atoms with E-state index in [4.69, 9.17) is 0 Å².